The fraction of sp³-hybridized carbons (Fsp3) is 0.286. The van der Waals surface area contributed by atoms with Gasteiger partial charge in [-0.15, -0.1) is 0 Å². The van der Waals surface area contributed by atoms with Crippen LogP contribution >= 0.6 is 23.2 Å². The number of pyridine rings is 1. The molecule has 1 aromatic heterocycles. The summed E-state index contributed by atoms with van der Waals surface area (Å²) in [5, 5.41) is 0.762. The number of aromatic nitrogens is 1. The number of carbonyl (C=O) groups excluding carboxylic acids is 1. The van der Waals surface area contributed by atoms with E-state index in [2.05, 4.69) is 4.98 Å². The molecule has 0 atom stereocenters. The Morgan fingerprint density at radius 3 is 2.44 bits per heavy atom. The third-order valence-corrected chi connectivity index (χ3v) is 3.19. The van der Waals surface area contributed by atoms with E-state index in [0.717, 1.165) is 11.2 Å². The highest BCUT2D eigenvalue weighted by Crippen LogP contribution is 2.28. The summed E-state index contributed by atoms with van der Waals surface area (Å²) in [6.45, 7) is 6.12. The van der Waals surface area contributed by atoms with Gasteiger partial charge in [-0.2, -0.15) is 0 Å². The molecule has 1 heterocycles. The maximum absolute atomic E-state index is 11.5. The number of halogens is 2. The number of benzene rings is 1. The molecule has 0 amide bonds. The van der Waals surface area contributed by atoms with Crippen molar-refractivity contribution in [3.05, 3.63) is 40.5 Å². The van der Waals surface area contributed by atoms with Gasteiger partial charge < -0.3 is 0 Å². The number of hydrogen-bond acceptors (Lipinski definition) is 2. The van der Waals surface area contributed by atoms with Crippen LogP contribution in [0.2, 0.25) is 5.02 Å². The Morgan fingerprint density at radius 1 is 1.22 bits per heavy atom. The lowest BCUT2D eigenvalue weighted by atomic mass is 9.90. The van der Waals surface area contributed by atoms with Crippen molar-refractivity contribution in [1.29, 1.82) is 0 Å². The Kier molecular flexibility index (Phi) is 3.35. The lowest BCUT2D eigenvalue weighted by Crippen LogP contribution is -2.14. The summed E-state index contributed by atoms with van der Waals surface area (Å²) in [5.74, 6) is 0. The van der Waals surface area contributed by atoms with Gasteiger partial charge >= 0.3 is 0 Å². The minimum absolute atomic E-state index is 0.144. The molecule has 0 saturated heterocycles. The molecule has 94 valence electrons. The van der Waals surface area contributed by atoms with Gasteiger partial charge in [0.25, 0.3) is 5.24 Å². The standard InChI is InChI=1S/C14H13Cl2NO/c1-14(2,3)12-7-10(13(16)18)9-6-8(15)4-5-11(9)17-12/h4-7H,1-3H3. The first kappa shape index (κ1) is 13.3. The third-order valence-electron chi connectivity index (χ3n) is 2.75. The molecule has 0 spiro atoms. The number of rotatable bonds is 1. The van der Waals surface area contributed by atoms with Crippen molar-refractivity contribution in [2.24, 2.45) is 0 Å². The van der Waals surface area contributed by atoms with E-state index in [1.54, 1.807) is 24.3 Å². The van der Waals surface area contributed by atoms with Gasteiger partial charge in [0.2, 0.25) is 0 Å². The fourth-order valence-corrected chi connectivity index (χ4v) is 2.07. The minimum atomic E-state index is -0.491. The molecule has 0 bridgehead atoms. The molecular formula is C14H13Cl2NO. The van der Waals surface area contributed by atoms with Gasteiger partial charge in [0.1, 0.15) is 0 Å². The molecule has 0 aliphatic rings. The SMILES string of the molecule is CC(C)(C)c1cc(C(=O)Cl)c2cc(Cl)ccc2n1. The lowest BCUT2D eigenvalue weighted by molar-refractivity contribution is 0.108. The zero-order valence-electron chi connectivity index (χ0n) is 10.4. The molecule has 0 saturated carbocycles. The van der Waals surface area contributed by atoms with Gasteiger partial charge in [0.05, 0.1) is 5.52 Å². The summed E-state index contributed by atoms with van der Waals surface area (Å²) >= 11 is 11.6. The Hall–Kier alpha value is -1.12. The van der Waals surface area contributed by atoms with E-state index in [4.69, 9.17) is 23.2 Å². The van der Waals surface area contributed by atoms with E-state index in [9.17, 15) is 4.79 Å². The van der Waals surface area contributed by atoms with E-state index >= 15 is 0 Å². The first-order valence-electron chi connectivity index (χ1n) is 5.59. The molecule has 0 aliphatic carbocycles. The predicted octanol–water partition coefficient (Wildman–Crippen LogP) is 4.56. The zero-order chi connectivity index (χ0) is 13.5. The summed E-state index contributed by atoms with van der Waals surface area (Å²) in [7, 11) is 0. The topological polar surface area (TPSA) is 30.0 Å². The Bertz CT molecular complexity index is 629. The molecule has 1 aromatic carbocycles. The highest BCUT2D eigenvalue weighted by molar-refractivity contribution is 6.68. The van der Waals surface area contributed by atoms with E-state index in [0.29, 0.717) is 16.0 Å². The lowest BCUT2D eigenvalue weighted by Gasteiger charge is -2.19. The first-order valence-corrected chi connectivity index (χ1v) is 6.35. The van der Waals surface area contributed by atoms with Crippen LogP contribution in [-0.2, 0) is 5.41 Å². The fourth-order valence-electron chi connectivity index (χ4n) is 1.74. The van der Waals surface area contributed by atoms with Crippen LogP contribution in [0.15, 0.2) is 24.3 Å². The average Bonchev–Trinajstić information content (AvgIpc) is 2.25. The molecule has 0 unspecified atom stereocenters. The van der Waals surface area contributed by atoms with Crippen molar-refractivity contribution >= 4 is 39.3 Å². The van der Waals surface area contributed by atoms with Crippen LogP contribution in [0, 0.1) is 0 Å². The largest absolute Gasteiger partial charge is 0.276 e. The molecule has 2 aromatic rings. The summed E-state index contributed by atoms with van der Waals surface area (Å²) in [6.07, 6.45) is 0. The van der Waals surface area contributed by atoms with Gasteiger partial charge in [-0.3, -0.25) is 9.78 Å². The molecule has 0 N–H and O–H groups in total. The second-order valence-electron chi connectivity index (χ2n) is 5.24. The summed E-state index contributed by atoms with van der Waals surface area (Å²) < 4.78 is 0. The molecule has 2 nitrogen and oxygen atoms in total. The Balaban J connectivity index is 2.83. The van der Waals surface area contributed by atoms with Crippen LogP contribution in [0.1, 0.15) is 36.8 Å². The first-order chi connectivity index (χ1) is 8.29. The van der Waals surface area contributed by atoms with Gasteiger partial charge in [-0.25, -0.2) is 0 Å². The molecule has 2 rings (SSSR count). The second kappa shape index (κ2) is 4.52. The molecule has 0 fully saturated rings. The van der Waals surface area contributed by atoms with Crippen molar-refractivity contribution in [2.45, 2.75) is 26.2 Å². The van der Waals surface area contributed by atoms with Crippen molar-refractivity contribution < 1.29 is 4.79 Å². The van der Waals surface area contributed by atoms with Crippen LogP contribution in [0.5, 0.6) is 0 Å². The molecule has 0 aliphatic heterocycles. The van der Waals surface area contributed by atoms with Gasteiger partial charge in [0, 0.05) is 27.1 Å². The van der Waals surface area contributed by atoms with Crippen LogP contribution in [0.25, 0.3) is 10.9 Å². The predicted molar refractivity (Wildman–Crippen MR) is 75.6 cm³/mol. The van der Waals surface area contributed by atoms with Crippen molar-refractivity contribution in [3.63, 3.8) is 0 Å². The maximum atomic E-state index is 11.5. The highest BCUT2D eigenvalue weighted by Gasteiger charge is 2.19. The second-order valence-corrected chi connectivity index (χ2v) is 6.02. The summed E-state index contributed by atoms with van der Waals surface area (Å²) in [5.41, 5.74) is 1.88. The van der Waals surface area contributed by atoms with Gasteiger partial charge in [-0.1, -0.05) is 32.4 Å². The molecule has 4 heteroatoms. The quantitative estimate of drug-likeness (QED) is 0.717. The van der Waals surface area contributed by atoms with Gasteiger partial charge in [-0.05, 0) is 35.9 Å². The minimum Gasteiger partial charge on any atom is -0.276 e. The van der Waals surface area contributed by atoms with Crippen LogP contribution in [0.3, 0.4) is 0 Å². The smallest absolute Gasteiger partial charge is 0.253 e. The Labute approximate surface area is 116 Å². The normalized spacial score (nSPS) is 11.8. The number of nitrogens with zero attached hydrogens (tertiary/aromatic N) is 1. The van der Waals surface area contributed by atoms with Crippen LogP contribution in [0.4, 0.5) is 0 Å². The monoisotopic (exact) mass is 281 g/mol. The molecule has 18 heavy (non-hydrogen) atoms. The summed E-state index contributed by atoms with van der Waals surface area (Å²) in [6, 6.07) is 7.02. The number of hydrogen-bond donors (Lipinski definition) is 0. The van der Waals surface area contributed by atoms with Gasteiger partial charge in [0.15, 0.2) is 0 Å². The molecule has 0 radical (unpaired) electrons. The summed E-state index contributed by atoms with van der Waals surface area (Å²) in [4.78, 5) is 16.1. The maximum Gasteiger partial charge on any atom is 0.253 e. The Morgan fingerprint density at radius 2 is 1.89 bits per heavy atom. The average molecular weight is 282 g/mol. The molecular weight excluding hydrogens is 269 g/mol. The third kappa shape index (κ3) is 2.50. The van der Waals surface area contributed by atoms with Crippen molar-refractivity contribution in [2.75, 3.05) is 0 Å². The van der Waals surface area contributed by atoms with Crippen LogP contribution in [-0.4, -0.2) is 10.2 Å². The number of carbonyl (C=O) groups is 1. The zero-order valence-corrected chi connectivity index (χ0v) is 11.9. The van der Waals surface area contributed by atoms with E-state index in [1.165, 1.54) is 0 Å². The van der Waals surface area contributed by atoms with Crippen LogP contribution < -0.4 is 0 Å². The van der Waals surface area contributed by atoms with E-state index in [-0.39, 0.29) is 5.41 Å². The number of fused-ring (bicyclic) bond motifs is 1. The van der Waals surface area contributed by atoms with Crippen molar-refractivity contribution in [1.82, 2.24) is 4.98 Å². The van der Waals surface area contributed by atoms with E-state index < -0.39 is 5.24 Å². The highest BCUT2D eigenvalue weighted by atomic mass is 35.5. The van der Waals surface area contributed by atoms with Crippen molar-refractivity contribution in [3.8, 4) is 0 Å². The van der Waals surface area contributed by atoms with E-state index in [1.807, 2.05) is 20.8 Å².